The van der Waals surface area contributed by atoms with E-state index in [1.165, 1.54) is 0 Å². The van der Waals surface area contributed by atoms with Crippen LogP contribution in [0.5, 0.6) is 0 Å². The maximum atomic E-state index is 13.6. The molecule has 0 aromatic heterocycles. The molecule has 106 valence electrons. The topological polar surface area (TPSA) is 26.3 Å². The van der Waals surface area contributed by atoms with Crippen LogP contribution < -0.4 is 0 Å². The number of benzene rings is 1. The number of halogens is 4. The molecule has 0 saturated carbocycles. The molecule has 1 atom stereocenters. The molecule has 0 radical (unpaired) electrons. The van der Waals surface area contributed by atoms with Crippen LogP contribution in [-0.2, 0) is 10.9 Å². The lowest BCUT2D eigenvalue weighted by Crippen LogP contribution is -2.16. The van der Waals surface area contributed by atoms with Gasteiger partial charge in [-0.05, 0) is 18.1 Å². The number of hydrogen-bond acceptors (Lipinski definition) is 2. The summed E-state index contributed by atoms with van der Waals surface area (Å²) in [5, 5.41) is 0. The van der Waals surface area contributed by atoms with Crippen molar-refractivity contribution in [3.8, 4) is 0 Å². The van der Waals surface area contributed by atoms with Crippen LogP contribution in [0.3, 0.4) is 0 Å². The fraction of sp³-hybridized carbons (Fsp3) is 0.462. The third-order valence-corrected chi connectivity index (χ3v) is 2.72. The van der Waals surface area contributed by atoms with Gasteiger partial charge in [0.15, 0.2) is 0 Å². The first-order valence-electron chi connectivity index (χ1n) is 5.80. The van der Waals surface area contributed by atoms with Crippen LogP contribution in [0.1, 0.15) is 36.2 Å². The highest BCUT2D eigenvalue weighted by atomic mass is 19.4. The lowest BCUT2D eigenvalue weighted by molar-refractivity contribution is -0.140. The van der Waals surface area contributed by atoms with Crippen molar-refractivity contribution >= 4 is 5.97 Å². The van der Waals surface area contributed by atoms with Gasteiger partial charge in [-0.1, -0.05) is 26.3 Å². The quantitative estimate of drug-likeness (QED) is 0.613. The number of ether oxygens (including phenoxy) is 1. The smallest absolute Gasteiger partial charge is 0.419 e. The van der Waals surface area contributed by atoms with Crippen molar-refractivity contribution in [1.29, 1.82) is 0 Å². The molecule has 0 heterocycles. The second-order valence-electron chi connectivity index (χ2n) is 4.28. The number of alkyl halides is 3. The van der Waals surface area contributed by atoms with Crippen molar-refractivity contribution in [3.05, 3.63) is 35.1 Å². The largest absolute Gasteiger partial charge is 0.462 e. The molecule has 0 spiro atoms. The van der Waals surface area contributed by atoms with E-state index in [0.29, 0.717) is 6.07 Å². The zero-order chi connectivity index (χ0) is 14.6. The van der Waals surface area contributed by atoms with Gasteiger partial charge in [-0.3, -0.25) is 0 Å². The van der Waals surface area contributed by atoms with Gasteiger partial charge in [-0.25, -0.2) is 9.18 Å². The van der Waals surface area contributed by atoms with Gasteiger partial charge in [0.2, 0.25) is 0 Å². The van der Waals surface area contributed by atoms with E-state index in [2.05, 4.69) is 0 Å². The third-order valence-electron chi connectivity index (χ3n) is 2.72. The standard InChI is InChI=1S/C13H14F4O2/c1-3-8(2)7-19-12(18)9-5-4-6-10(11(9)14)13(15,16)17/h4-6,8H,3,7H2,1-2H3. The van der Waals surface area contributed by atoms with Gasteiger partial charge >= 0.3 is 12.1 Å². The Bertz CT molecular complexity index is 454. The SMILES string of the molecule is CCC(C)COC(=O)c1cccc(C(F)(F)F)c1F. The number of carbonyl (C=O) groups is 1. The first-order valence-corrected chi connectivity index (χ1v) is 5.80. The molecule has 0 amide bonds. The lowest BCUT2D eigenvalue weighted by atomic mass is 10.1. The van der Waals surface area contributed by atoms with Crippen LogP contribution in [0.25, 0.3) is 0 Å². The molecule has 0 fully saturated rings. The van der Waals surface area contributed by atoms with Gasteiger partial charge in [0.1, 0.15) is 5.82 Å². The Kier molecular flexibility index (Phi) is 4.91. The van der Waals surface area contributed by atoms with Gasteiger partial charge in [0, 0.05) is 0 Å². The minimum atomic E-state index is -4.84. The van der Waals surface area contributed by atoms with Crippen molar-refractivity contribution in [2.75, 3.05) is 6.61 Å². The summed E-state index contributed by atoms with van der Waals surface area (Å²) in [5.41, 5.74) is -2.16. The molecule has 1 aromatic rings. The summed E-state index contributed by atoms with van der Waals surface area (Å²) < 4.78 is 55.8. The molecular weight excluding hydrogens is 264 g/mol. The van der Waals surface area contributed by atoms with Gasteiger partial charge in [0.25, 0.3) is 0 Å². The Balaban J connectivity index is 2.93. The molecule has 0 bridgehead atoms. The second kappa shape index (κ2) is 6.04. The van der Waals surface area contributed by atoms with Gasteiger partial charge < -0.3 is 4.74 Å². The van der Waals surface area contributed by atoms with Crippen molar-refractivity contribution in [3.63, 3.8) is 0 Å². The zero-order valence-electron chi connectivity index (χ0n) is 10.6. The Morgan fingerprint density at radius 3 is 2.53 bits per heavy atom. The van der Waals surface area contributed by atoms with E-state index in [0.717, 1.165) is 18.6 Å². The maximum Gasteiger partial charge on any atom is 0.419 e. The van der Waals surface area contributed by atoms with E-state index >= 15 is 0 Å². The van der Waals surface area contributed by atoms with Crippen molar-refractivity contribution in [2.45, 2.75) is 26.4 Å². The van der Waals surface area contributed by atoms with Crippen LogP contribution in [0.4, 0.5) is 17.6 Å². The van der Waals surface area contributed by atoms with E-state index in [1.807, 2.05) is 13.8 Å². The molecule has 2 nitrogen and oxygen atoms in total. The van der Waals surface area contributed by atoms with Crippen LogP contribution in [0.2, 0.25) is 0 Å². The monoisotopic (exact) mass is 278 g/mol. The molecule has 0 N–H and O–H groups in total. The average Bonchev–Trinajstić information content (AvgIpc) is 2.34. The minimum absolute atomic E-state index is 0.0466. The first kappa shape index (κ1) is 15.5. The molecule has 0 aliphatic heterocycles. The number of esters is 1. The van der Waals surface area contributed by atoms with Crippen molar-refractivity contribution in [1.82, 2.24) is 0 Å². The third kappa shape index (κ3) is 3.94. The second-order valence-corrected chi connectivity index (χ2v) is 4.28. The highest BCUT2D eigenvalue weighted by molar-refractivity contribution is 5.90. The minimum Gasteiger partial charge on any atom is -0.462 e. The molecule has 0 aliphatic carbocycles. The Morgan fingerprint density at radius 1 is 1.37 bits per heavy atom. The molecule has 1 rings (SSSR count). The summed E-state index contributed by atoms with van der Waals surface area (Å²) >= 11 is 0. The van der Waals surface area contributed by atoms with Crippen molar-refractivity contribution < 1.29 is 27.1 Å². The highest BCUT2D eigenvalue weighted by Crippen LogP contribution is 2.32. The van der Waals surface area contributed by atoms with Crippen molar-refractivity contribution in [2.24, 2.45) is 5.92 Å². The molecular formula is C13H14F4O2. The number of rotatable bonds is 4. The summed E-state index contributed by atoms with van der Waals surface area (Å²) in [4.78, 5) is 11.5. The Hall–Kier alpha value is -1.59. The fourth-order valence-corrected chi connectivity index (χ4v) is 1.32. The normalized spacial score (nSPS) is 13.2. The number of hydrogen-bond donors (Lipinski definition) is 0. The molecule has 19 heavy (non-hydrogen) atoms. The van der Waals surface area contributed by atoms with E-state index in [1.54, 1.807) is 0 Å². The molecule has 0 saturated heterocycles. The number of carbonyl (C=O) groups excluding carboxylic acids is 1. The fourth-order valence-electron chi connectivity index (χ4n) is 1.32. The Labute approximate surface area is 108 Å². The van der Waals surface area contributed by atoms with E-state index in [9.17, 15) is 22.4 Å². The summed E-state index contributed by atoms with van der Waals surface area (Å²) in [6.45, 7) is 3.74. The first-order chi connectivity index (χ1) is 8.77. The van der Waals surface area contributed by atoms with E-state index in [4.69, 9.17) is 4.74 Å². The molecule has 0 aliphatic rings. The Morgan fingerprint density at radius 2 is 2.00 bits per heavy atom. The maximum absolute atomic E-state index is 13.6. The summed E-state index contributed by atoms with van der Waals surface area (Å²) in [7, 11) is 0. The summed E-state index contributed by atoms with van der Waals surface area (Å²) in [5.74, 6) is -2.61. The predicted octanol–water partition coefficient (Wildman–Crippen LogP) is 4.05. The summed E-state index contributed by atoms with van der Waals surface area (Å²) in [6.07, 6.45) is -4.09. The average molecular weight is 278 g/mol. The van der Waals surface area contributed by atoms with E-state index in [-0.39, 0.29) is 12.5 Å². The molecule has 1 aromatic carbocycles. The summed E-state index contributed by atoms with van der Waals surface area (Å²) in [6, 6.07) is 2.54. The van der Waals surface area contributed by atoms with Crippen LogP contribution >= 0.6 is 0 Å². The zero-order valence-corrected chi connectivity index (χ0v) is 10.6. The van der Waals surface area contributed by atoms with E-state index < -0.39 is 29.1 Å². The lowest BCUT2D eigenvalue weighted by Gasteiger charge is -2.12. The van der Waals surface area contributed by atoms with Gasteiger partial charge in [-0.2, -0.15) is 13.2 Å². The van der Waals surface area contributed by atoms with Crippen LogP contribution in [0, 0.1) is 11.7 Å². The van der Waals surface area contributed by atoms with Gasteiger partial charge in [-0.15, -0.1) is 0 Å². The highest BCUT2D eigenvalue weighted by Gasteiger charge is 2.35. The van der Waals surface area contributed by atoms with Crippen LogP contribution in [-0.4, -0.2) is 12.6 Å². The molecule has 1 unspecified atom stereocenters. The van der Waals surface area contributed by atoms with Crippen LogP contribution in [0.15, 0.2) is 18.2 Å². The van der Waals surface area contributed by atoms with Gasteiger partial charge in [0.05, 0.1) is 17.7 Å². The predicted molar refractivity (Wildman–Crippen MR) is 61.1 cm³/mol. The molecule has 6 heteroatoms.